The topological polar surface area (TPSA) is 84.2 Å². The second kappa shape index (κ2) is 6.82. The van der Waals surface area contributed by atoms with Gasteiger partial charge >= 0.3 is 5.97 Å². The van der Waals surface area contributed by atoms with Crippen molar-refractivity contribution in [2.75, 3.05) is 5.32 Å². The fraction of sp³-hybridized carbons (Fsp3) is 0.353. The Hall–Kier alpha value is -2.70. The highest BCUT2D eigenvalue weighted by atomic mass is 19.1. The molecule has 0 saturated heterocycles. The summed E-state index contributed by atoms with van der Waals surface area (Å²) in [6.45, 7) is -0.402. The number of aromatic nitrogens is 2. The quantitative estimate of drug-likeness (QED) is 0.873. The van der Waals surface area contributed by atoms with E-state index in [1.165, 1.54) is 18.5 Å². The van der Waals surface area contributed by atoms with Gasteiger partial charge in [0, 0.05) is 6.04 Å². The maximum absolute atomic E-state index is 12.9. The SMILES string of the molecule is O=C(O)Cn1cnc2c(c1=O)N[C@H](CCc1ccc(F)cc1)CC2. The third-order valence-corrected chi connectivity index (χ3v) is 4.19. The summed E-state index contributed by atoms with van der Waals surface area (Å²) in [7, 11) is 0. The van der Waals surface area contributed by atoms with Gasteiger partial charge in [0.25, 0.3) is 5.56 Å². The minimum absolute atomic E-state index is 0.109. The zero-order valence-corrected chi connectivity index (χ0v) is 13.0. The molecule has 2 N–H and O–H groups in total. The lowest BCUT2D eigenvalue weighted by atomic mass is 9.97. The number of hydrogen-bond donors (Lipinski definition) is 2. The Labute approximate surface area is 138 Å². The Morgan fingerprint density at radius 1 is 1.38 bits per heavy atom. The summed E-state index contributed by atoms with van der Waals surface area (Å²) in [4.78, 5) is 27.4. The number of hydrogen-bond acceptors (Lipinski definition) is 4. The molecule has 7 heteroatoms. The molecule has 0 unspecified atom stereocenters. The minimum Gasteiger partial charge on any atom is -0.480 e. The van der Waals surface area contributed by atoms with Gasteiger partial charge in [-0.25, -0.2) is 9.37 Å². The van der Waals surface area contributed by atoms with Gasteiger partial charge in [0.1, 0.15) is 18.0 Å². The summed E-state index contributed by atoms with van der Waals surface area (Å²) in [6, 6.07) is 6.50. The van der Waals surface area contributed by atoms with Crippen LogP contribution in [0.15, 0.2) is 35.4 Å². The average molecular weight is 331 g/mol. The van der Waals surface area contributed by atoms with Gasteiger partial charge in [-0.05, 0) is 43.4 Å². The second-order valence-corrected chi connectivity index (χ2v) is 5.94. The molecule has 6 nitrogen and oxygen atoms in total. The van der Waals surface area contributed by atoms with E-state index in [2.05, 4.69) is 10.3 Å². The standard InChI is InChI=1S/C17H18FN3O3/c18-12-4-1-11(2-5-12)3-6-13-7-8-14-16(20-13)17(24)21(10-19-14)9-15(22)23/h1-2,4-5,10,13,20H,3,6-9H2,(H,22,23)/t13-/m1/s1. The van der Waals surface area contributed by atoms with Crippen molar-refractivity contribution in [2.45, 2.75) is 38.3 Å². The first-order chi connectivity index (χ1) is 11.5. The first-order valence-electron chi connectivity index (χ1n) is 7.84. The molecule has 1 aromatic carbocycles. The number of nitrogens with one attached hydrogen (secondary N) is 1. The number of aliphatic carboxylic acids is 1. The van der Waals surface area contributed by atoms with E-state index in [0.717, 1.165) is 29.4 Å². The molecule has 1 aliphatic heterocycles. The number of anilines is 1. The van der Waals surface area contributed by atoms with Crippen LogP contribution in [-0.2, 0) is 24.2 Å². The molecule has 0 radical (unpaired) electrons. The number of carboxylic acids is 1. The molecule has 0 saturated carbocycles. The zero-order valence-electron chi connectivity index (χ0n) is 13.0. The minimum atomic E-state index is -1.08. The van der Waals surface area contributed by atoms with Crippen molar-refractivity contribution >= 4 is 11.7 Å². The molecule has 0 amide bonds. The number of fused-ring (bicyclic) bond motifs is 1. The van der Waals surface area contributed by atoms with E-state index in [-0.39, 0.29) is 17.4 Å². The van der Waals surface area contributed by atoms with Gasteiger partial charge in [-0.2, -0.15) is 0 Å². The molecule has 2 aromatic rings. The first-order valence-corrected chi connectivity index (χ1v) is 7.84. The summed E-state index contributed by atoms with van der Waals surface area (Å²) in [5.41, 5.74) is 1.76. The summed E-state index contributed by atoms with van der Waals surface area (Å²) < 4.78 is 14.0. The van der Waals surface area contributed by atoms with Crippen LogP contribution in [0, 0.1) is 5.82 Å². The monoisotopic (exact) mass is 331 g/mol. The van der Waals surface area contributed by atoms with Crippen molar-refractivity contribution < 1.29 is 14.3 Å². The third-order valence-electron chi connectivity index (χ3n) is 4.19. The van der Waals surface area contributed by atoms with Crippen LogP contribution in [0.2, 0.25) is 0 Å². The molecule has 1 aromatic heterocycles. The number of rotatable bonds is 5. The average Bonchev–Trinajstić information content (AvgIpc) is 2.57. The van der Waals surface area contributed by atoms with Gasteiger partial charge < -0.3 is 10.4 Å². The smallest absolute Gasteiger partial charge is 0.323 e. The number of halogens is 1. The lowest BCUT2D eigenvalue weighted by Crippen LogP contribution is -2.35. The molecule has 2 heterocycles. The van der Waals surface area contributed by atoms with Gasteiger partial charge in [-0.3, -0.25) is 14.2 Å². The van der Waals surface area contributed by atoms with Gasteiger partial charge in [-0.1, -0.05) is 12.1 Å². The highest BCUT2D eigenvalue weighted by molar-refractivity contribution is 5.66. The van der Waals surface area contributed by atoms with Crippen LogP contribution >= 0.6 is 0 Å². The van der Waals surface area contributed by atoms with Gasteiger partial charge in [0.05, 0.1) is 12.0 Å². The summed E-state index contributed by atoms with van der Waals surface area (Å²) in [5, 5.41) is 12.0. The van der Waals surface area contributed by atoms with Crippen molar-refractivity contribution in [1.82, 2.24) is 9.55 Å². The predicted molar refractivity (Wildman–Crippen MR) is 86.6 cm³/mol. The van der Waals surface area contributed by atoms with E-state index < -0.39 is 12.5 Å². The molecule has 24 heavy (non-hydrogen) atoms. The maximum atomic E-state index is 12.9. The number of carboxylic acid groups (broad SMARTS) is 1. The number of carbonyl (C=O) groups is 1. The molecule has 1 aliphatic rings. The molecular formula is C17H18FN3O3. The normalized spacial score (nSPS) is 16.3. The second-order valence-electron chi connectivity index (χ2n) is 5.94. The van der Waals surface area contributed by atoms with Crippen LogP contribution in [0.25, 0.3) is 0 Å². The number of aryl methyl sites for hydroxylation is 2. The maximum Gasteiger partial charge on any atom is 0.323 e. The molecule has 3 rings (SSSR count). The fourth-order valence-electron chi connectivity index (χ4n) is 2.91. The van der Waals surface area contributed by atoms with Crippen molar-refractivity contribution in [3.8, 4) is 0 Å². The number of benzene rings is 1. The van der Waals surface area contributed by atoms with Crippen LogP contribution in [0.1, 0.15) is 24.1 Å². The van der Waals surface area contributed by atoms with Gasteiger partial charge in [0.2, 0.25) is 0 Å². The Kier molecular flexibility index (Phi) is 4.59. The highest BCUT2D eigenvalue weighted by Crippen LogP contribution is 2.22. The highest BCUT2D eigenvalue weighted by Gasteiger charge is 2.22. The van der Waals surface area contributed by atoms with Crippen LogP contribution in [0.5, 0.6) is 0 Å². The Bertz CT molecular complexity index is 802. The number of nitrogens with zero attached hydrogens (tertiary/aromatic N) is 2. The molecule has 0 aliphatic carbocycles. The lowest BCUT2D eigenvalue weighted by molar-refractivity contribution is -0.137. The lowest BCUT2D eigenvalue weighted by Gasteiger charge is -2.26. The van der Waals surface area contributed by atoms with E-state index in [1.54, 1.807) is 12.1 Å². The van der Waals surface area contributed by atoms with Crippen molar-refractivity contribution in [2.24, 2.45) is 0 Å². The molecule has 126 valence electrons. The van der Waals surface area contributed by atoms with Crippen LogP contribution in [-0.4, -0.2) is 26.7 Å². The van der Waals surface area contributed by atoms with E-state index in [4.69, 9.17) is 5.11 Å². The van der Waals surface area contributed by atoms with Crippen molar-refractivity contribution in [1.29, 1.82) is 0 Å². The van der Waals surface area contributed by atoms with Crippen molar-refractivity contribution in [3.05, 3.63) is 58.0 Å². The van der Waals surface area contributed by atoms with E-state index in [1.807, 2.05) is 0 Å². The molecule has 0 bridgehead atoms. The summed E-state index contributed by atoms with van der Waals surface area (Å²) in [6.07, 6.45) is 4.40. The van der Waals surface area contributed by atoms with Crippen LogP contribution in [0.3, 0.4) is 0 Å². The molecule has 0 spiro atoms. The van der Waals surface area contributed by atoms with Crippen LogP contribution in [0.4, 0.5) is 10.1 Å². The molecule has 1 atom stereocenters. The van der Waals surface area contributed by atoms with E-state index >= 15 is 0 Å². The summed E-state index contributed by atoms with van der Waals surface area (Å²) >= 11 is 0. The van der Waals surface area contributed by atoms with E-state index in [0.29, 0.717) is 17.8 Å². The fourth-order valence-corrected chi connectivity index (χ4v) is 2.91. The Morgan fingerprint density at radius 3 is 2.83 bits per heavy atom. The third kappa shape index (κ3) is 3.61. The Balaban J connectivity index is 1.70. The molecular weight excluding hydrogens is 313 g/mol. The molecule has 0 fully saturated rings. The largest absolute Gasteiger partial charge is 0.480 e. The first kappa shape index (κ1) is 16.2. The zero-order chi connectivity index (χ0) is 17.1. The van der Waals surface area contributed by atoms with Gasteiger partial charge in [0.15, 0.2) is 0 Å². The predicted octanol–water partition coefficient (Wildman–Crippen LogP) is 1.83. The van der Waals surface area contributed by atoms with Crippen LogP contribution < -0.4 is 10.9 Å². The van der Waals surface area contributed by atoms with Crippen molar-refractivity contribution in [3.63, 3.8) is 0 Å². The summed E-state index contributed by atoms with van der Waals surface area (Å²) in [5.74, 6) is -1.34. The Morgan fingerprint density at radius 2 is 2.12 bits per heavy atom. The van der Waals surface area contributed by atoms with Gasteiger partial charge in [-0.15, -0.1) is 0 Å². The van der Waals surface area contributed by atoms with E-state index in [9.17, 15) is 14.0 Å².